The average molecular weight is 264 g/mol. The lowest BCUT2D eigenvalue weighted by atomic mass is 10.4. The van der Waals surface area contributed by atoms with E-state index in [0.29, 0.717) is 5.69 Å². The second-order valence-corrected chi connectivity index (χ2v) is 4.55. The maximum Gasteiger partial charge on any atom is 0.251 e. The van der Waals surface area contributed by atoms with Crippen molar-refractivity contribution in [1.82, 2.24) is 15.2 Å². The molecule has 0 spiro atoms. The lowest BCUT2D eigenvalue weighted by Crippen LogP contribution is -2.40. The summed E-state index contributed by atoms with van der Waals surface area (Å²) in [6, 6.07) is 3.03. The third-order valence-electron chi connectivity index (χ3n) is 2.71. The van der Waals surface area contributed by atoms with E-state index in [4.69, 9.17) is 5.73 Å². The molecule has 1 aromatic rings. The average Bonchev–Trinajstić information content (AvgIpc) is 3.15. The SMILES string of the molecule is Nc1ccc(=O)n(CC(=O)NCC(=O)NC2CC2)c1. The number of anilines is 1. The predicted octanol–water partition coefficient (Wildman–Crippen LogP) is -1.17. The van der Waals surface area contributed by atoms with Crippen LogP contribution in [0.2, 0.25) is 0 Å². The van der Waals surface area contributed by atoms with E-state index in [1.54, 1.807) is 0 Å². The van der Waals surface area contributed by atoms with E-state index in [1.165, 1.54) is 22.9 Å². The van der Waals surface area contributed by atoms with Gasteiger partial charge in [0.15, 0.2) is 0 Å². The van der Waals surface area contributed by atoms with Crippen molar-refractivity contribution in [3.05, 3.63) is 28.7 Å². The lowest BCUT2D eigenvalue weighted by Gasteiger charge is -2.08. The first-order valence-corrected chi connectivity index (χ1v) is 6.06. The number of amides is 2. The molecule has 0 radical (unpaired) electrons. The van der Waals surface area contributed by atoms with Gasteiger partial charge < -0.3 is 20.9 Å². The molecule has 2 amide bonds. The van der Waals surface area contributed by atoms with Gasteiger partial charge in [-0.15, -0.1) is 0 Å². The van der Waals surface area contributed by atoms with Crippen LogP contribution in [0.15, 0.2) is 23.1 Å². The topological polar surface area (TPSA) is 106 Å². The molecular weight excluding hydrogens is 248 g/mol. The number of hydrogen-bond donors (Lipinski definition) is 3. The molecule has 1 aliphatic rings. The van der Waals surface area contributed by atoms with E-state index in [1.807, 2.05) is 0 Å². The molecule has 102 valence electrons. The standard InChI is InChI=1S/C12H16N4O3/c13-8-1-4-12(19)16(6-8)7-11(18)14-5-10(17)15-9-2-3-9/h1,4,6,9H,2-3,5,7,13H2,(H,14,18)(H,15,17). The number of carbonyl (C=O) groups is 2. The van der Waals surface area contributed by atoms with Crippen molar-refractivity contribution in [2.24, 2.45) is 0 Å². The lowest BCUT2D eigenvalue weighted by molar-refractivity contribution is -0.126. The molecule has 7 nitrogen and oxygen atoms in total. The highest BCUT2D eigenvalue weighted by atomic mass is 16.2. The second kappa shape index (κ2) is 5.55. The normalized spacial score (nSPS) is 13.9. The molecule has 0 aliphatic heterocycles. The van der Waals surface area contributed by atoms with Crippen molar-refractivity contribution in [2.75, 3.05) is 12.3 Å². The summed E-state index contributed by atoms with van der Waals surface area (Å²) in [6.45, 7) is -0.229. The Morgan fingerprint density at radius 1 is 1.32 bits per heavy atom. The molecule has 0 saturated heterocycles. The van der Waals surface area contributed by atoms with Gasteiger partial charge in [0.05, 0.1) is 6.54 Å². The van der Waals surface area contributed by atoms with Crippen LogP contribution in [0.4, 0.5) is 5.69 Å². The predicted molar refractivity (Wildman–Crippen MR) is 69.3 cm³/mol. The molecule has 19 heavy (non-hydrogen) atoms. The smallest absolute Gasteiger partial charge is 0.251 e. The first-order chi connectivity index (χ1) is 9.04. The Morgan fingerprint density at radius 2 is 2.05 bits per heavy atom. The van der Waals surface area contributed by atoms with Gasteiger partial charge in [0.2, 0.25) is 11.8 Å². The maximum absolute atomic E-state index is 11.6. The quantitative estimate of drug-likeness (QED) is 0.622. The number of nitrogen functional groups attached to an aromatic ring is 1. The minimum Gasteiger partial charge on any atom is -0.398 e. The number of aromatic nitrogens is 1. The molecule has 0 aromatic carbocycles. The molecule has 0 bridgehead atoms. The van der Waals surface area contributed by atoms with Crippen LogP contribution in [0, 0.1) is 0 Å². The van der Waals surface area contributed by atoms with Gasteiger partial charge in [0.1, 0.15) is 6.54 Å². The van der Waals surface area contributed by atoms with Gasteiger partial charge in [0.25, 0.3) is 5.56 Å². The Balaban J connectivity index is 1.81. The van der Waals surface area contributed by atoms with Crippen LogP contribution in [-0.4, -0.2) is 29.0 Å². The van der Waals surface area contributed by atoms with Crippen LogP contribution in [-0.2, 0) is 16.1 Å². The van der Waals surface area contributed by atoms with E-state index in [9.17, 15) is 14.4 Å². The van der Waals surface area contributed by atoms with Crippen molar-refractivity contribution in [3.8, 4) is 0 Å². The Labute approximate surface area is 109 Å². The van der Waals surface area contributed by atoms with E-state index in [-0.39, 0.29) is 30.6 Å². The Morgan fingerprint density at radius 3 is 2.74 bits per heavy atom. The largest absolute Gasteiger partial charge is 0.398 e. The molecule has 0 atom stereocenters. The minimum atomic E-state index is -0.404. The Bertz CT molecular complexity index is 548. The molecule has 2 rings (SSSR count). The fourth-order valence-corrected chi connectivity index (χ4v) is 1.57. The van der Waals surface area contributed by atoms with Crippen molar-refractivity contribution in [2.45, 2.75) is 25.4 Å². The van der Waals surface area contributed by atoms with Crippen LogP contribution >= 0.6 is 0 Å². The van der Waals surface area contributed by atoms with Gasteiger partial charge in [-0.2, -0.15) is 0 Å². The van der Waals surface area contributed by atoms with Crippen LogP contribution in [0.1, 0.15) is 12.8 Å². The molecule has 4 N–H and O–H groups in total. The first-order valence-electron chi connectivity index (χ1n) is 6.06. The van der Waals surface area contributed by atoms with Crippen LogP contribution in [0.3, 0.4) is 0 Å². The summed E-state index contributed by atoms with van der Waals surface area (Å²) in [5.41, 5.74) is 5.62. The second-order valence-electron chi connectivity index (χ2n) is 4.55. The van der Waals surface area contributed by atoms with Crippen molar-refractivity contribution in [3.63, 3.8) is 0 Å². The van der Waals surface area contributed by atoms with E-state index in [2.05, 4.69) is 10.6 Å². The van der Waals surface area contributed by atoms with Gasteiger partial charge in [0, 0.05) is 24.0 Å². The molecule has 1 heterocycles. The monoisotopic (exact) mass is 264 g/mol. The molecule has 1 fully saturated rings. The minimum absolute atomic E-state index is 0.0770. The van der Waals surface area contributed by atoms with Crippen LogP contribution < -0.4 is 21.9 Å². The summed E-state index contributed by atoms with van der Waals surface area (Å²) in [5.74, 6) is -0.616. The molecule has 7 heteroatoms. The van der Waals surface area contributed by atoms with E-state index < -0.39 is 5.91 Å². The highest BCUT2D eigenvalue weighted by Gasteiger charge is 2.23. The zero-order valence-corrected chi connectivity index (χ0v) is 10.4. The first kappa shape index (κ1) is 13.1. The number of nitrogens with one attached hydrogen (secondary N) is 2. The fraction of sp³-hybridized carbons (Fsp3) is 0.417. The third-order valence-corrected chi connectivity index (χ3v) is 2.71. The van der Waals surface area contributed by atoms with Crippen molar-refractivity contribution in [1.29, 1.82) is 0 Å². The summed E-state index contributed by atoms with van der Waals surface area (Å²) in [6.07, 6.45) is 3.39. The summed E-state index contributed by atoms with van der Waals surface area (Å²) >= 11 is 0. The number of nitrogens with zero attached hydrogens (tertiary/aromatic N) is 1. The molecule has 1 aliphatic carbocycles. The van der Waals surface area contributed by atoms with Gasteiger partial charge in [-0.1, -0.05) is 0 Å². The zero-order valence-electron chi connectivity index (χ0n) is 10.4. The summed E-state index contributed by atoms with van der Waals surface area (Å²) in [5, 5.41) is 5.21. The van der Waals surface area contributed by atoms with Gasteiger partial charge >= 0.3 is 0 Å². The van der Waals surface area contributed by atoms with E-state index in [0.717, 1.165) is 12.8 Å². The summed E-state index contributed by atoms with van der Waals surface area (Å²) in [7, 11) is 0. The van der Waals surface area contributed by atoms with Crippen LogP contribution in [0.5, 0.6) is 0 Å². The number of carbonyl (C=O) groups excluding carboxylic acids is 2. The Hall–Kier alpha value is -2.31. The maximum atomic E-state index is 11.6. The number of pyridine rings is 1. The van der Waals surface area contributed by atoms with Gasteiger partial charge in [-0.05, 0) is 18.9 Å². The van der Waals surface area contributed by atoms with Crippen LogP contribution in [0.25, 0.3) is 0 Å². The number of nitrogens with two attached hydrogens (primary N) is 1. The molecular formula is C12H16N4O3. The highest BCUT2D eigenvalue weighted by Crippen LogP contribution is 2.18. The number of rotatable bonds is 5. The van der Waals surface area contributed by atoms with Crippen molar-refractivity contribution >= 4 is 17.5 Å². The number of hydrogen-bond acceptors (Lipinski definition) is 4. The molecule has 1 saturated carbocycles. The third kappa shape index (κ3) is 4.13. The molecule has 1 aromatic heterocycles. The fourth-order valence-electron chi connectivity index (χ4n) is 1.57. The van der Waals surface area contributed by atoms with Gasteiger partial charge in [-0.3, -0.25) is 14.4 Å². The summed E-state index contributed by atoms with van der Waals surface area (Å²) in [4.78, 5) is 34.4. The highest BCUT2D eigenvalue weighted by molar-refractivity contribution is 5.84. The zero-order chi connectivity index (χ0) is 13.8. The Kier molecular flexibility index (Phi) is 3.84. The van der Waals surface area contributed by atoms with Gasteiger partial charge in [-0.25, -0.2) is 0 Å². The van der Waals surface area contributed by atoms with Crippen molar-refractivity contribution < 1.29 is 9.59 Å². The van der Waals surface area contributed by atoms with E-state index >= 15 is 0 Å². The summed E-state index contributed by atoms with van der Waals surface area (Å²) < 4.78 is 1.20. The molecule has 0 unspecified atom stereocenters.